The molecule has 0 fully saturated rings. The zero-order valence-corrected chi connectivity index (χ0v) is 9.31. The van der Waals surface area contributed by atoms with Gasteiger partial charge in [-0.3, -0.25) is 4.98 Å². The minimum Gasteiger partial charge on any atom is -0.480 e. The first-order valence-corrected chi connectivity index (χ1v) is 4.96. The minimum absolute atomic E-state index is 0.285. The van der Waals surface area contributed by atoms with Crippen molar-refractivity contribution in [1.29, 1.82) is 0 Å². The van der Waals surface area contributed by atoms with Gasteiger partial charge in [0.25, 0.3) is 0 Å². The van der Waals surface area contributed by atoms with Crippen molar-refractivity contribution in [3.63, 3.8) is 0 Å². The number of furan rings is 1. The molecule has 5 nitrogen and oxygen atoms in total. The molecule has 0 bridgehead atoms. The lowest BCUT2D eigenvalue weighted by Gasteiger charge is -2.10. The maximum atomic E-state index is 5.97. The fourth-order valence-corrected chi connectivity index (χ4v) is 1.49. The minimum atomic E-state index is -0.545. The first-order valence-electron chi connectivity index (χ1n) is 4.58. The summed E-state index contributed by atoms with van der Waals surface area (Å²) in [6.07, 6.45) is 3.08. The molecule has 2 heterocycles. The van der Waals surface area contributed by atoms with E-state index in [9.17, 15) is 0 Å². The van der Waals surface area contributed by atoms with Crippen LogP contribution < -0.4 is 10.5 Å². The summed E-state index contributed by atoms with van der Waals surface area (Å²) >= 11 is 5.68. The van der Waals surface area contributed by atoms with Crippen molar-refractivity contribution in [1.82, 2.24) is 9.97 Å². The first-order chi connectivity index (χ1) is 7.72. The maximum absolute atomic E-state index is 5.97. The van der Waals surface area contributed by atoms with Gasteiger partial charge in [0.05, 0.1) is 7.11 Å². The molecule has 84 valence electrons. The molecule has 0 saturated carbocycles. The zero-order valence-electron chi connectivity index (χ0n) is 8.55. The van der Waals surface area contributed by atoms with Gasteiger partial charge in [0, 0.05) is 12.4 Å². The number of nitrogens with zero attached hydrogens (tertiary/aromatic N) is 2. The van der Waals surface area contributed by atoms with Crippen molar-refractivity contribution in [3.8, 4) is 5.88 Å². The maximum Gasteiger partial charge on any atom is 0.237 e. The van der Waals surface area contributed by atoms with E-state index in [0.717, 1.165) is 0 Å². The first kappa shape index (κ1) is 10.9. The number of methoxy groups -OCH3 is 1. The third kappa shape index (κ3) is 2.00. The molecule has 1 unspecified atom stereocenters. The molecule has 6 heteroatoms. The Bertz CT molecular complexity index is 486. The van der Waals surface area contributed by atoms with Gasteiger partial charge in [-0.1, -0.05) is 0 Å². The zero-order chi connectivity index (χ0) is 11.5. The summed E-state index contributed by atoms with van der Waals surface area (Å²) in [6.45, 7) is 0. The van der Waals surface area contributed by atoms with Crippen molar-refractivity contribution in [2.75, 3.05) is 7.11 Å². The molecule has 0 aliphatic carbocycles. The Morgan fingerprint density at radius 3 is 2.75 bits per heavy atom. The highest BCUT2D eigenvalue weighted by molar-refractivity contribution is 6.28. The summed E-state index contributed by atoms with van der Waals surface area (Å²) in [5, 5.41) is 0.285. The lowest BCUT2D eigenvalue weighted by Crippen LogP contribution is -2.14. The van der Waals surface area contributed by atoms with Crippen molar-refractivity contribution in [2.45, 2.75) is 6.04 Å². The fraction of sp³-hybridized carbons (Fsp3) is 0.200. The van der Waals surface area contributed by atoms with Crippen LogP contribution in [0.2, 0.25) is 5.22 Å². The fourth-order valence-electron chi connectivity index (χ4n) is 1.34. The van der Waals surface area contributed by atoms with Gasteiger partial charge in [-0.25, -0.2) is 4.98 Å². The van der Waals surface area contributed by atoms with Crippen LogP contribution in [-0.2, 0) is 0 Å². The standard InChI is InChI=1S/C10H10ClN3O2/c1-15-10-9(13-4-5-14-10)8(12)6-2-3-7(11)16-6/h2-5,8H,12H2,1H3. The van der Waals surface area contributed by atoms with Gasteiger partial charge >= 0.3 is 0 Å². The number of halogens is 1. The third-order valence-electron chi connectivity index (χ3n) is 2.08. The molecule has 2 aromatic rings. The van der Waals surface area contributed by atoms with Crippen molar-refractivity contribution in [3.05, 3.63) is 41.2 Å². The molecule has 0 aliphatic heterocycles. The average molecular weight is 240 g/mol. The van der Waals surface area contributed by atoms with Gasteiger partial charge in [-0.15, -0.1) is 0 Å². The summed E-state index contributed by atoms with van der Waals surface area (Å²) in [4.78, 5) is 8.13. The second-order valence-corrected chi connectivity index (χ2v) is 3.44. The summed E-state index contributed by atoms with van der Waals surface area (Å²) < 4.78 is 10.3. The van der Waals surface area contributed by atoms with Crippen molar-refractivity contribution < 1.29 is 9.15 Å². The molecular weight excluding hydrogens is 230 g/mol. The Labute approximate surface area is 97.2 Å². The number of nitrogens with two attached hydrogens (primary N) is 1. The predicted molar refractivity (Wildman–Crippen MR) is 58.3 cm³/mol. The number of hydrogen-bond acceptors (Lipinski definition) is 5. The highest BCUT2D eigenvalue weighted by Crippen LogP contribution is 2.26. The predicted octanol–water partition coefficient (Wildman–Crippen LogP) is 1.78. The highest BCUT2D eigenvalue weighted by Gasteiger charge is 2.19. The van der Waals surface area contributed by atoms with E-state index in [1.54, 1.807) is 18.3 Å². The Kier molecular flexibility index (Phi) is 3.07. The summed E-state index contributed by atoms with van der Waals surface area (Å²) in [5.41, 5.74) is 6.48. The molecule has 0 saturated heterocycles. The van der Waals surface area contributed by atoms with Crippen LogP contribution >= 0.6 is 11.6 Å². The molecule has 2 N–H and O–H groups in total. The number of hydrogen-bond donors (Lipinski definition) is 1. The topological polar surface area (TPSA) is 74.2 Å². The van der Waals surface area contributed by atoms with E-state index >= 15 is 0 Å². The van der Waals surface area contributed by atoms with E-state index in [2.05, 4.69) is 9.97 Å². The van der Waals surface area contributed by atoms with Gasteiger partial charge in [0.1, 0.15) is 17.5 Å². The molecule has 2 aromatic heterocycles. The van der Waals surface area contributed by atoms with Gasteiger partial charge in [0.2, 0.25) is 5.88 Å². The summed E-state index contributed by atoms with van der Waals surface area (Å²) in [5.74, 6) is 0.895. The Hall–Kier alpha value is -1.59. The van der Waals surface area contributed by atoms with E-state index in [4.69, 9.17) is 26.5 Å². The number of ether oxygens (including phenoxy) is 1. The van der Waals surface area contributed by atoms with Gasteiger partial charge in [0.15, 0.2) is 5.22 Å². The molecular formula is C10H10ClN3O2. The van der Waals surface area contributed by atoms with Crippen LogP contribution in [0.4, 0.5) is 0 Å². The Morgan fingerprint density at radius 1 is 1.38 bits per heavy atom. The van der Waals surface area contributed by atoms with Crippen LogP contribution in [0.5, 0.6) is 5.88 Å². The summed E-state index contributed by atoms with van der Waals surface area (Å²) in [7, 11) is 1.51. The quantitative estimate of drug-likeness (QED) is 0.884. The van der Waals surface area contributed by atoms with E-state index in [1.807, 2.05) is 0 Å². The molecule has 2 rings (SSSR count). The van der Waals surface area contributed by atoms with E-state index in [0.29, 0.717) is 17.3 Å². The molecule has 1 atom stereocenters. The van der Waals surface area contributed by atoms with Crippen LogP contribution in [0, 0.1) is 0 Å². The number of aromatic nitrogens is 2. The second-order valence-electron chi connectivity index (χ2n) is 3.07. The molecule has 0 spiro atoms. The van der Waals surface area contributed by atoms with Crippen LogP contribution in [0.1, 0.15) is 17.5 Å². The molecule has 0 aliphatic rings. The Balaban J connectivity index is 2.36. The van der Waals surface area contributed by atoms with Crippen LogP contribution in [0.15, 0.2) is 28.9 Å². The Morgan fingerprint density at radius 2 is 2.12 bits per heavy atom. The molecule has 0 amide bonds. The highest BCUT2D eigenvalue weighted by atomic mass is 35.5. The molecule has 0 aromatic carbocycles. The van der Waals surface area contributed by atoms with Crippen LogP contribution in [-0.4, -0.2) is 17.1 Å². The van der Waals surface area contributed by atoms with Gasteiger partial charge in [-0.2, -0.15) is 0 Å². The monoisotopic (exact) mass is 239 g/mol. The van der Waals surface area contributed by atoms with E-state index < -0.39 is 6.04 Å². The molecule has 0 radical (unpaired) electrons. The van der Waals surface area contributed by atoms with Crippen molar-refractivity contribution in [2.24, 2.45) is 5.73 Å². The van der Waals surface area contributed by atoms with Gasteiger partial charge < -0.3 is 14.9 Å². The third-order valence-corrected chi connectivity index (χ3v) is 2.28. The van der Waals surface area contributed by atoms with Crippen LogP contribution in [0.25, 0.3) is 0 Å². The van der Waals surface area contributed by atoms with E-state index in [-0.39, 0.29) is 5.22 Å². The molecule has 16 heavy (non-hydrogen) atoms. The van der Waals surface area contributed by atoms with Gasteiger partial charge in [-0.05, 0) is 23.7 Å². The lowest BCUT2D eigenvalue weighted by molar-refractivity contribution is 0.382. The second kappa shape index (κ2) is 4.51. The average Bonchev–Trinajstić information content (AvgIpc) is 2.75. The van der Waals surface area contributed by atoms with E-state index in [1.165, 1.54) is 13.3 Å². The SMILES string of the molecule is COc1nccnc1C(N)c1ccc(Cl)o1. The number of rotatable bonds is 3. The summed E-state index contributed by atoms with van der Waals surface area (Å²) in [6, 6.07) is 2.77. The van der Waals surface area contributed by atoms with Crippen molar-refractivity contribution >= 4 is 11.6 Å². The van der Waals surface area contributed by atoms with Crippen LogP contribution in [0.3, 0.4) is 0 Å². The largest absolute Gasteiger partial charge is 0.480 e. The normalized spacial score (nSPS) is 12.4. The smallest absolute Gasteiger partial charge is 0.237 e. The lowest BCUT2D eigenvalue weighted by atomic mass is 10.2.